The number of rotatable bonds is 5. The second-order valence-electron chi connectivity index (χ2n) is 9.26. The number of aliphatic hydroxyl groups is 1. The van der Waals surface area contributed by atoms with E-state index in [2.05, 4.69) is 32.8 Å². The van der Waals surface area contributed by atoms with Crippen molar-refractivity contribution in [1.29, 1.82) is 5.26 Å². The molecule has 1 aliphatic heterocycles. The molecule has 9 heteroatoms. The minimum Gasteiger partial charge on any atom is -0.388 e. The molecule has 0 bridgehead atoms. The molecule has 2 fully saturated rings. The van der Waals surface area contributed by atoms with Crippen LogP contribution in [0.25, 0.3) is 22.3 Å². The predicted molar refractivity (Wildman–Crippen MR) is 126 cm³/mol. The van der Waals surface area contributed by atoms with Gasteiger partial charge in [0.1, 0.15) is 11.8 Å². The minimum absolute atomic E-state index is 0.244. The van der Waals surface area contributed by atoms with Crippen LogP contribution in [-0.4, -0.2) is 50.0 Å². The number of imidazole rings is 1. The Morgan fingerprint density at radius 1 is 1.21 bits per heavy atom. The number of ether oxygens (including phenoxy) is 1. The molecule has 4 heterocycles. The molecule has 1 saturated heterocycles. The van der Waals surface area contributed by atoms with Gasteiger partial charge in [0.15, 0.2) is 0 Å². The second-order valence-corrected chi connectivity index (χ2v) is 9.69. The van der Waals surface area contributed by atoms with E-state index >= 15 is 0 Å². The summed E-state index contributed by atoms with van der Waals surface area (Å²) in [6, 6.07) is 5.42. The van der Waals surface area contributed by atoms with Gasteiger partial charge in [0, 0.05) is 30.6 Å². The number of nitriles is 1. The van der Waals surface area contributed by atoms with Crippen molar-refractivity contribution in [1.82, 2.24) is 19.5 Å². The van der Waals surface area contributed by atoms with E-state index in [0.717, 1.165) is 36.4 Å². The number of aromatic nitrogens is 4. The number of nitrogens with one attached hydrogen (secondary N) is 1. The highest BCUT2D eigenvalue weighted by atomic mass is 35.5. The van der Waals surface area contributed by atoms with Crippen molar-refractivity contribution >= 4 is 28.6 Å². The highest BCUT2D eigenvalue weighted by molar-refractivity contribution is 6.30. The van der Waals surface area contributed by atoms with Crippen LogP contribution < -0.4 is 5.32 Å². The maximum Gasteiger partial charge on any atom is 0.204 e. The van der Waals surface area contributed by atoms with Crippen LogP contribution in [0.2, 0.25) is 5.02 Å². The fourth-order valence-corrected chi connectivity index (χ4v) is 5.03. The summed E-state index contributed by atoms with van der Waals surface area (Å²) in [5.74, 6) is 1.94. The van der Waals surface area contributed by atoms with Crippen LogP contribution in [0.3, 0.4) is 0 Å². The van der Waals surface area contributed by atoms with Gasteiger partial charge < -0.3 is 19.7 Å². The quantitative estimate of drug-likeness (QED) is 0.584. The van der Waals surface area contributed by atoms with Crippen molar-refractivity contribution in [2.24, 2.45) is 11.8 Å². The minimum atomic E-state index is -0.599. The molecule has 5 rings (SSSR count). The van der Waals surface area contributed by atoms with Gasteiger partial charge in [0.2, 0.25) is 5.95 Å². The van der Waals surface area contributed by atoms with E-state index in [-0.39, 0.29) is 11.7 Å². The number of nitrogens with zero attached hydrogens (tertiary/aromatic N) is 5. The number of aliphatic hydroxyl groups excluding tert-OH is 1. The Morgan fingerprint density at radius 2 is 2.03 bits per heavy atom. The lowest BCUT2D eigenvalue weighted by molar-refractivity contribution is 0.125. The number of hydrogen-bond donors (Lipinski definition) is 2. The Bertz CT molecular complexity index is 1200. The van der Waals surface area contributed by atoms with Crippen LogP contribution in [0.5, 0.6) is 0 Å². The SMILES string of the molecule is CC1CCC(Cn2c(NC3COCC3O)nc3cc(C#N)nc(-c4cncc(Cl)c4)c32)CC1. The van der Waals surface area contributed by atoms with Crippen molar-refractivity contribution in [2.45, 2.75) is 51.3 Å². The molecule has 1 aliphatic carbocycles. The summed E-state index contributed by atoms with van der Waals surface area (Å²) in [6.07, 6.45) is 7.44. The first-order valence-electron chi connectivity index (χ1n) is 11.5. The van der Waals surface area contributed by atoms with Gasteiger partial charge in [-0.3, -0.25) is 4.98 Å². The first-order chi connectivity index (χ1) is 16.0. The summed E-state index contributed by atoms with van der Waals surface area (Å²) in [4.78, 5) is 13.7. The zero-order valence-corrected chi connectivity index (χ0v) is 19.3. The van der Waals surface area contributed by atoms with Gasteiger partial charge in [-0.1, -0.05) is 31.4 Å². The van der Waals surface area contributed by atoms with E-state index in [0.29, 0.717) is 41.3 Å². The molecule has 8 nitrogen and oxygen atoms in total. The molecule has 3 aromatic rings. The van der Waals surface area contributed by atoms with Crippen LogP contribution >= 0.6 is 11.6 Å². The molecule has 0 radical (unpaired) electrons. The molecule has 172 valence electrons. The van der Waals surface area contributed by atoms with Crippen LogP contribution in [0.15, 0.2) is 24.5 Å². The summed E-state index contributed by atoms with van der Waals surface area (Å²) in [5, 5.41) is 23.8. The van der Waals surface area contributed by atoms with E-state index < -0.39 is 6.10 Å². The largest absolute Gasteiger partial charge is 0.388 e. The van der Waals surface area contributed by atoms with E-state index in [1.807, 2.05) is 0 Å². The molecule has 3 aromatic heterocycles. The van der Waals surface area contributed by atoms with Gasteiger partial charge in [-0.15, -0.1) is 0 Å². The molecule has 2 unspecified atom stereocenters. The van der Waals surface area contributed by atoms with Gasteiger partial charge in [0.25, 0.3) is 0 Å². The van der Waals surface area contributed by atoms with E-state index in [9.17, 15) is 10.4 Å². The first kappa shape index (κ1) is 22.1. The summed E-state index contributed by atoms with van der Waals surface area (Å²) in [5.41, 5.74) is 3.17. The number of anilines is 1. The molecule has 0 aromatic carbocycles. The van der Waals surface area contributed by atoms with Crippen molar-refractivity contribution in [2.75, 3.05) is 18.5 Å². The zero-order chi connectivity index (χ0) is 22.9. The van der Waals surface area contributed by atoms with Crippen LogP contribution in [0, 0.1) is 23.2 Å². The lowest BCUT2D eigenvalue weighted by atomic mass is 9.83. The number of pyridine rings is 2. The van der Waals surface area contributed by atoms with Gasteiger partial charge >= 0.3 is 0 Å². The zero-order valence-electron chi connectivity index (χ0n) is 18.5. The first-order valence-corrected chi connectivity index (χ1v) is 11.8. The third-order valence-electron chi connectivity index (χ3n) is 6.76. The molecule has 1 saturated carbocycles. The maximum atomic E-state index is 10.3. The standard InChI is InChI=1S/C24H27ClN6O2/c1-14-2-4-15(5-3-14)11-31-23-19(29-24(31)30-20-12-33-13-21(20)32)7-18(8-26)28-22(23)16-6-17(25)10-27-9-16/h6-7,9-10,14-15,20-21,32H,2-5,11-13H2,1H3,(H,29,30). The van der Waals surface area contributed by atoms with Crippen molar-refractivity contribution in [3.05, 3.63) is 35.2 Å². The average Bonchev–Trinajstić information content (AvgIpc) is 3.37. The Morgan fingerprint density at radius 3 is 2.73 bits per heavy atom. The summed E-state index contributed by atoms with van der Waals surface area (Å²) in [6.45, 7) is 3.81. The molecular weight excluding hydrogens is 440 g/mol. The summed E-state index contributed by atoms with van der Waals surface area (Å²) < 4.78 is 7.59. The number of hydrogen-bond acceptors (Lipinski definition) is 7. The molecule has 2 N–H and O–H groups in total. The smallest absolute Gasteiger partial charge is 0.204 e. The van der Waals surface area contributed by atoms with Crippen molar-refractivity contribution in [3.63, 3.8) is 0 Å². The van der Waals surface area contributed by atoms with Gasteiger partial charge in [-0.05, 0) is 30.7 Å². The topological polar surface area (TPSA) is 109 Å². The Balaban J connectivity index is 1.65. The summed E-state index contributed by atoms with van der Waals surface area (Å²) >= 11 is 6.23. The van der Waals surface area contributed by atoms with Crippen LogP contribution in [-0.2, 0) is 11.3 Å². The lowest BCUT2D eigenvalue weighted by Gasteiger charge is -2.27. The van der Waals surface area contributed by atoms with E-state index in [4.69, 9.17) is 21.3 Å². The van der Waals surface area contributed by atoms with Gasteiger partial charge in [-0.2, -0.15) is 5.26 Å². The normalized spacial score (nSPS) is 25.3. The lowest BCUT2D eigenvalue weighted by Crippen LogP contribution is -2.33. The van der Waals surface area contributed by atoms with E-state index in [1.54, 1.807) is 24.5 Å². The highest BCUT2D eigenvalue weighted by Crippen LogP contribution is 2.35. The van der Waals surface area contributed by atoms with Gasteiger partial charge in [0.05, 0.1) is 47.1 Å². The molecule has 2 atom stereocenters. The van der Waals surface area contributed by atoms with Crippen molar-refractivity contribution < 1.29 is 9.84 Å². The average molecular weight is 467 g/mol. The Kier molecular flexibility index (Phi) is 6.19. The Hall–Kier alpha value is -2.73. The third-order valence-corrected chi connectivity index (χ3v) is 6.97. The predicted octanol–water partition coefficient (Wildman–Crippen LogP) is 4.02. The molecule has 33 heavy (non-hydrogen) atoms. The third kappa shape index (κ3) is 4.54. The van der Waals surface area contributed by atoms with E-state index in [1.165, 1.54) is 12.8 Å². The van der Waals surface area contributed by atoms with Crippen molar-refractivity contribution in [3.8, 4) is 17.3 Å². The molecule has 0 spiro atoms. The highest BCUT2D eigenvalue weighted by Gasteiger charge is 2.29. The fraction of sp³-hybridized carbons (Fsp3) is 0.500. The monoisotopic (exact) mass is 466 g/mol. The molecular formula is C24H27ClN6O2. The van der Waals surface area contributed by atoms with Crippen LogP contribution in [0.1, 0.15) is 38.3 Å². The second kappa shape index (κ2) is 9.26. The fourth-order valence-electron chi connectivity index (χ4n) is 4.86. The summed E-state index contributed by atoms with van der Waals surface area (Å²) in [7, 11) is 0. The molecule has 0 amide bonds. The number of fused-ring (bicyclic) bond motifs is 1. The molecule has 2 aliphatic rings. The Labute approximate surface area is 197 Å². The van der Waals surface area contributed by atoms with Gasteiger partial charge in [-0.25, -0.2) is 9.97 Å². The maximum absolute atomic E-state index is 10.3. The number of halogens is 1. The van der Waals surface area contributed by atoms with Crippen LogP contribution in [0.4, 0.5) is 5.95 Å².